The lowest BCUT2D eigenvalue weighted by atomic mass is 10.1. The second kappa shape index (κ2) is 14.7. The van der Waals surface area contributed by atoms with Crippen molar-refractivity contribution in [2.45, 2.75) is 71.6 Å². The van der Waals surface area contributed by atoms with Gasteiger partial charge in [-0.05, 0) is 10.8 Å². The fourth-order valence-corrected chi connectivity index (χ4v) is 2.06. The number of unbranched alkanes of at least 4 members (excludes halogenated alkanes) is 8. The Balaban J connectivity index is 0.000000368. The van der Waals surface area contributed by atoms with Crippen LogP contribution >= 0.6 is 11.3 Å². The molecule has 0 radical (unpaired) electrons. The van der Waals surface area contributed by atoms with Gasteiger partial charge in [-0.15, -0.1) is 0 Å². The van der Waals surface area contributed by atoms with Crippen LogP contribution in [-0.4, -0.2) is 0 Å². The Bertz CT molecular complexity index is 154. The zero-order valence-electron chi connectivity index (χ0n) is 11.1. The maximum absolute atomic E-state index is 2.27. The van der Waals surface area contributed by atoms with Crippen molar-refractivity contribution in [1.82, 2.24) is 0 Å². The Morgan fingerprint density at radius 2 is 1.00 bits per heavy atom. The van der Waals surface area contributed by atoms with Gasteiger partial charge in [0.15, 0.2) is 0 Å². The highest BCUT2D eigenvalue weighted by molar-refractivity contribution is 7.07. The second-order valence-corrected chi connectivity index (χ2v) is 5.08. The minimum atomic E-state index is 1.37. The fraction of sp³-hybridized carbons (Fsp3) is 0.733. The lowest BCUT2D eigenvalue weighted by Crippen LogP contribution is -1.79. The molecule has 94 valence electrons. The van der Waals surface area contributed by atoms with E-state index in [9.17, 15) is 0 Å². The maximum Gasteiger partial charge on any atom is -0.00934 e. The summed E-state index contributed by atoms with van der Waals surface area (Å²) in [5, 5.41) is 4.08. The van der Waals surface area contributed by atoms with Gasteiger partial charge >= 0.3 is 0 Å². The van der Waals surface area contributed by atoms with Crippen LogP contribution in [0.5, 0.6) is 0 Å². The summed E-state index contributed by atoms with van der Waals surface area (Å²) < 4.78 is 0. The second-order valence-electron chi connectivity index (χ2n) is 4.27. The molecule has 1 heteroatoms. The highest BCUT2D eigenvalue weighted by Crippen LogP contribution is 2.08. The molecule has 16 heavy (non-hydrogen) atoms. The van der Waals surface area contributed by atoms with E-state index in [-0.39, 0.29) is 0 Å². The molecule has 0 spiro atoms. The zero-order valence-corrected chi connectivity index (χ0v) is 11.9. The minimum absolute atomic E-state index is 1.37. The van der Waals surface area contributed by atoms with Crippen molar-refractivity contribution < 1.29 is 0 Å². The third kappa shape index (κ3) is 13.7. The van der Waals surface area contributed by atoms with Crippen LogP contribution in [0, 0.1) is 0 Å². The molecule has 0 saturated carbocycles. The predicted octanol–water partition coefficient (Wildman–Crippen LogP) is 6.29. The zero-order chi connectivity index (χ0) is 11.9. The Hall–Kier alpha value is -0.300. The van der Waals surface area contributed by atoms with Crippen LogP contribution in [0.3, 0.4) is 0 Å². The fourth-order valence-electron chi connectivity index (χ4n) is 1.61. The summed E-state index contributed by atoms with van der Waals surface area (Å²) in [5.74, 6) is 0. The smallest absolute Gasteiger partial charge is 0.00934 e. The molecule has 1 rings (SSSR count). The third-order valence-corrected chi connectivity index (χ3v) is 3.26. The average molecular weight is 240 g/mol. The van der Waals surface area contributed by atoms with Gasteiger partial charge in [-0.25, -0.2) is 0 Å². The SMILES string of the molecule is CCCCCCCCCCC.c1ccsc1. The molecule has 0 aliphatic heterocycles. The first kappa shape index (κ1) is 15.7. The molecular formula is C15H28S. The van der Waals surface area contributed by atoms with E-state index >= 15 is 0 Å². The quantitative estimate of drug-likeness (QED) is 0.469. The standard InChI is InChI=1S/C11H24.C4H4S/c1-3-5-7-9-11-10-8-6-4-2;1-2-4-5-3-1/h3-11H2,1-2H3;1-4H. The van der Waals surface area contributed by atoms with Crippen molar-refractivity contribution in [3.05, 3.63) is 22.9 Å². The lowest BCUT2D eigenvalue weighted by Gasteiger charge is -1.98. The lowest BCUT2D eigenvalue weighted by molar-refractivity contribution is 0.572. The summed E-state index contributed by atoms with van der Waals surface area (Å²) in [7, 11) is 0. The summed E-state index contributed by atoms with van der Waals surface area (Å²) in [5.41, 5.74) is 0. The van der Waals surface area contributed by atoms with Crippen molar-refractivity contribution in [3.8, 4) is 0 Å². The van der Waals surface area contributed by atoms with Crippen molar-refractivity contribution in [1.29, 1.82) is 0 Å². The third-order valence-electron chi connectivity index (χ3n) is 2.63. The molecule has 0 unspecified atom stereocenters. The molecule has 0 aromatic carbocycles. The summed E-state index contributed by atoms with van der Waals surface area (Å²) in [6, 6.07) is 4.04. The van der Waals surface area contributed by atoms with Crippen LogP contribution in [0.1, 0.15) is 71.6 Å². The van der Waals surface area contributed by atoms with E-state index in [1.54, 1.807) is 11.3 Å². The van der Waals surface area contributed by atoms with Crippen LogP contribution in [0.15, 0.2) is 22.9 Å². The molecule has 0 bridgehead atoms. The number of rotatable bonds is 8. The highest BCUT2D eigenvalue weighted by Gasteiger charge is 1.88. The van der Waals surface area contributed by atoms with E-state index in [4.69, 9.17) is 0 Å². The topological polar surface area (TPSA) is 0 Å². The van der Waals surface area contributed by atoms with Crippen molar-refractivity contribution in [3.63, 3.8) is 0 Å². The van der Waals surface area contributed by atoms with Crippen molar-refractivity contribution >= 4 is 11.3 Å². The number of hydrogen-bond donors (Lipinski definition) is 0. The van der Waals surface area contributed by atoms with E-state index in [0.29, 0.717) is 0 Å². The van der Waals surface area contributed by atoms with E-state index in [1.165, 1.54) is 57.8 Å². The monoisotopic (exact) mass is 240 g/mol. The van der Waals surface area contributed by atoms with Gasteiger partial charge in [-0.1, -0.05) is 83.8 Å². The molecule has 1 heterocycles. The first-order valence-corrected chi connectivity index (χ1v) is 7.83. The van der Waals surface area contributed by atoms with Crippen molar-refractivity contribution in [2.24, 2.45) is 0 Å². The van der Waals surface area contributed by atoms with Crippen LogP contribution < -0.4 is 0 Å². The highest BCUT2D eigenvalue weighted by atomic mass is 32.1. The van der Waals surface area contributed by atoms with Gasteiger partial charge in [0.05, 0.1) is 0 Å². The average Bonchev–Trinajstić information content (AvgIpc) is 2.87. The minimum Gasteiger partial charge on any atom is -0.152 e. The molecule has 0 aliphatic carbocycles. The molecule has 0 amide bonds. The predicted molar refractivity (Wildman–Crippen MR) is 77.2 cm³/mol. The first-order chi connectivity index (χ1) is 7.91. The molecule has 1 aromatic rings. The van der Waals surface area contributed by atoms with E-state index in [0.717, 1.165) is 0 Å². The molecular weight excluding hydrogens is 212 g/mol. The summed E-state index contributed by atoms with van der Waals surface area (Å²) >= 11 is 1.71. The summed E-state index contributed by atoms with van der Waals surface area (Å²) in [6.07, 6.45) is 13.0. The number of hydrogen-bond acceptors (Lipinski definition) is 1. The Kier molecular flexibility index (Phi) is 14.4. The maximum atomic E-state index is 2.27. The largest absolute Gasteiger partial charge is 0.152 e. The Morgan fingerprint density at radius 3 is 1.25 bits per heavy atom. The van der Waals surface area contributed by atoms with Gasteiger partial charge in [0.1, 0.15) is 0 Å². The van der Waals surface area contributed by atoms with Crippen LogP contribution in [-0.2, 0) is 0 Å². The molecule has 0 saturated heterocycles. The molecule has 0 atom stereocenters. The summed E-state index contributed by atoms with van der Waals surface area (Å²) in [4.78, 5) is 0. The van der Waals surface area contributed by atoms with Gasteiger partial charge in [0, 0.05) is 0 Å². The van der Waals surface area contributed by atoms with Gasteiger partial charge in [0.2, 0.25) is 0 Å². The van der Waals surface area contributed by atoms with Crippen LogP contribution in [0.2, 0.25) is 0 Å². The molecule has 0 fully saturated rings. The normalized spacial score (nSPS) is 9.62. The van der Waals surface area contributed by atoms with Crippen molar-refractivity contribution in [2.75, 3.05) is 0 Å². The van der Waals surface area contributed by atoms with Crippen LogP contribution in [0.25, 0.3) is 0 Å². The Morgan fingerprint density at radius 1 is 0.625 bits per heavy atom. The first-order valence-electron chi connectivity index (χ1n) is 6.89. The van der Waals surface area contributed by atoms with E-state index in [2.05, 4.69) is 13.8 Å². The Labute approximate surface area is 106 Å². The molecule has 1 aromatic heterocycles. The van der Waals surface area contributed by atoms with Gasteiger partial charge in [0.25, 0.3) is 0 Å². The van der Waals surface area contributed by atoms with E-state index in [1.807, 2.05) is 22.9 Å². The van der Waals surface area contributed by atoms with Gasteiger partial charge in [-0.2, -0.15) is 11.3 Å². The van der Waals surface area contributed by atoms with Gasteiger partial charge < -0.3 is 0 Å². The molecule has 0 N–H and O–H groups in total. The number of thiophene rings is 1. The summed E-state index contributed by atoms with van der Waals surface area (Å²) in [6.45, 7) is 4.55. The van der Waals surface area contributed by atoms with Gasteiger partial charge in [-0.3, -0.25) is 0 Å². The molecule has 0 nitrogen and oxygen atoms in total. The van der Waals surface area contributed by atoms with E-state index < -0.39 is 0 Å². The molecule has 0 aliphatic rings. The van der Waals surface area contributed by atoms with Crippen LogP contribution in [0.4, 0.5) is 0 Å².